The first-order chi connectivity index (χ1) is 4.88. The molecule has 0 radical (unpaired) electrons. The molecular formula is C8H14O2. The molecule has 2 aliphatic rings. The van der Waals surface area contributed by atoms with Crippen molar-refractivity contribution in [2.75, 3.05) is 13.2 Å². The van der Waals surface area contributed by atoms with Crippen LogP contribution >= 0.6 is 0 Å². The van der Waals surface area contributed by atoms with Crippen molar-refractivity contribution < 1.29 is 9.47 Å². The van der Waals surface area contributed by atoms with Gasteiger partial charge < -0.3 is 9.47 Å². The van der Waals surface area contributed by atoms with Crippen molar-refractivity contribution in [1.82, 2.24) is 0 Å². The average Bonchev–Trinajstić information content (AvgIpc) is 2.34. The molecular weight excluding hydrogens is 128 g/mol. The van der Waals surface area contributed by atoms with Crippen molar-refractivity contribution in [3.8, 4) is 0 Å². The minimum Gasteiger partial charge on any atom is -0.375 e. The van der Waals surface area contributed by atoms with Crippen LogP contribution in [-0.4, -0.2) is 25.4 Å². The highest BCUT2D eigenvalue weighted by Crippen LogP contribution is 2.29. The van der Waals surface area contributed by atoms with Gasteiger partial charge in [-0.05, 0) is 12.8 Å². The van der Waals surface area contributed by atoms with Crippen LogP contribution in [0.3, 0.4) is 0 Å². The fraction of sp³-hybridized carbons (Fsp3) is 1.00. The molecule has 0 aromatic carbocycles. The smallest absolute Gasteiger partial charge is 0.0884 e. The fourth-order valence-corrected chi connectivity index (χ4v) is 1.85. The van der Waals surface area contributed by atoms with E-state index in [1.807, 2.05) is 0 Å². The van der Waals surface area contributed by atoms with Gasteiger partial charge in [0.05, 0.1) is 18.8 Å². The minimum absolute atomic E-state index is 0.411. The van der Waals surface area contributed by atoms with Gasteiger partial charge in [0.25, 0.3) is 0 Å². The Labute approximate surface area is 61.5 Å². The average molecular weight is 142 g/mol. The zero-order chi connectivity index (χ0) is 6.97. The lowest BCUT2D eigenvalue weighted by atomic mass is 9.99. The van der Waals surface area contributed by atoms with Crippen LogP contribution < -0.4 is 0 Å². The van der Waals surface area contributed by atoms with E-state index in [1.54, 1.807) is 0 Å². The van der Waals surface area contributed by atoms with Gasteiger partial charge in [-0.2, -0.15) is 0 Å². The fourth-order valence-electron chi connectivity index (χ4n) is 1.85. The van der Waals surface area contributed by atoms with Crippen LogP contribution in [0.1, 0.15) is 19.8 Å². The van der Waals surface area contributed by atoms with Gasteiger partial charge in [-0.25, -0.2) is 0 Å². The van der Waals surface area contributed by atoms with Crippen LogP contribution in [0.5, 0.6) is 0 Å². The van der Waals surface area contributed by atoms with Crippen LogP contribution in [0.25, 0.3) is 0 Å². The summed E-state index contributed by atoms with van der Waals surface area (Å²) in [5.41, 5.74) is 0. The van der Waals surface area contributed by atoms with E-state index in [9.17, 15) is 0 Å². The maximum Gasteiger partial charge on any atom is 0.0884 e. The molecule has 2 heteroatoms. The third kappa shape index (κ3) is 0.956. The second-order valence-corrected chi connectivity index (χ2v) is 3.33. The molecule has 0 N–H and O–H groups in total. The third-order valence-corrected chi connectivity index (χ3v) is 2.44. The van der Waals surface area contributed by atoms with Crippen molar-refractivity contribution in [1.29, 1.82) is 0 Å². The van der Waals surface area contributed by atoms with E-state index in [2.05, 4.69) is 6.92 Å². The van der Waals surface area contributed by atoms with Crippen molar-refractivity contribution in [3.05, 3.63) is 0 Å². The minimum atomic E-state index is 0.411. The van der Waals surface area contributed by atoms with E-state index in [4.69, 9.17) is 9.47 Å². The maximum absolute atomic E-state index is 5.59. The predicted molar refractivity (Wildman–Crippen MR) is 37.9 cm³/mol. The molecule has 0 unspecified atom stereocenters. The second-order valence-electron chi connectivity index (χ2n) is 3.33. The highest BCUT2D eigenvalue weighted by Gasteiger charge is 2.36. The molecule has 2 aliphatic heterocycles. The van der Waals surface area contributed by atoms with Crippen LogP contribution in [0.2, 0.25) is 0 Å². The molecule has 0 saturated carbocycles. The standard InChI is InChI=1S/C8H14O2/c1-6-5-10-7-3-2-4-9-8(6)7/h6-8H,2-5H2,1H3/t6-,7-,8-/m0/s1. The summed E-state index contributed by atoms with van der Waals surface area (Å²) >= 11 is 0. The molecule has 10 heavy (non-hydrogen) atoms. The quantitative estimate of drug-likeness (QED) is 0.506. The summed E-state index contributed by atoms with van der Waals surface area (Å²) in [5, 5.41) is 0. The van der Waals surface area contributed by atoms with Crippen LogP contribution in [0.15, 0.2) is 0 Å². The zero-order valence-corrected chi connectivity index (χ0v) is 6.38. The Balaban J connectivity index is 2.01. The summed E-state index contributed by atoms with van der Waals surface area (Å²) in [6, 6.07) is 0. The molecule has 58 valence electrons. The molecule has 0 aromatic rings. The molecule has 2 nitrogen and oxygen atoms in total. The molecule has 2 rings (SSSR count). The van der Waals surface area contributed by atoms with E-state index in [0.717, 1.165) is 13.2 Å². The highest BCUT2D eigenvalue weighted by atomic mass is 16.6. The highest BCUT2D eigenvalue weighted by molar-refractivity contribution is 4.84. The summed E-state index contributed by atoms with van der Waals surface area (Å²) < 4.78 is 11.1. The Morgan fingerprint density at radius 1 is 1.30 bits per heavy atom. The van der Waals surface area contributed by atoms with Gasteiger partial charge in [-0.15, -0.1) is 0 Å². The number of ether oxygens (including phenoxy) is 2. The van der Waals surface area contributed by atoms with Gasteiger partial charge in [0, 0.05) is 12.5 Å². The molecule has 2 fully saturated rings. The maximum atomic E-state index is 5.59. The molecule has 2 saturated heterocycles. The van der Waals surface area contributed by atoms with E-state index >= 15 is 0 Å². The number of hydrogen-bond donors (Lipinski definition) is 0. The van der Waals surface area contributed by atoms with Gasteiger partial charge >= 0.3 is 0 Å². The Bertz CT molecular complexity index is 122. The topological polar surface area (TPSA) is 18.5 Å². The molecule has 3 atom stereocenters. The summed E-state index contributed by atoms with van der Waals surface area (Å²) in [4.78, 5) is 0. The third-order valence-electron chi connectivity index (χ3n) is 2.44. The van der Waals surface area contributed by atoms with E-state index in [1.165, 1.54) is 12.8 Å². The first-order valence-corrected chi connectivity index (χ1v) is 4.11. The van der Waals surface area contributed by atoms with Crippen LogP contribution in [-0.2, 0) is 9.47 Å². The van der Waals surface area contributed by atoms with Gasteiger partial charge in [0.15, 0.2) is 0 Å². The molecule has 0 spiro atoms. The lowest BCUT2D eigenvalue weighted by Crippen LogP contribution is -2.33. The molecule has 0 bridgehead atoms. The molecule has 0 aromatic heterocycles. The van der Waals surface area contributed by atoms with Crippen molar-refractivity contribution in [2.24, 2.45) is 5.92 Å². The zero-order valence-electron chi connectivity index (χ0n) is 6.38. The Morgan fingerprint density at radius 3 is 3.00 bits per heavy atom. The molecule has 0 aliphatic carbocycles. The Hall–Kier alpha value is -0.0800. The lowest BCUT2D eigenvalue weighted by Gasteiger charge is -2.26. The lowest BCUT2D eigenvalue weighted by molar-refractivity contribution is -0.0539. The van der Waals surface area contributed by atoms with Crippen LogP contribution in [0.4, 0.5) is 0 Å². The molecule has 2 heterocycles. The van der Waals surface area contributed by atoms with E-state index in [-0.39, 0.29) is 0 Å². The molecule has 0 amide bonds. The van der Waals surface area contributed by atoms with Gasteiger partial charge in [-0.1, -0.05) is 6.92 Å². The summed E-state index contributed by atoms with van der Waals surface area (Å²) in [6.45, 7) is 4.04. The van der Waals surface area contributed by atoms with Crippen molar-refractivity contribution >= 4 is 0 Å². The number of fused-ring (bicyclic) bond motifs is 1. The summed E-state index contributed by atoms with van der Waals surface area (Å²) in [6.07, 6.45) is 3.21. The monoisotopic (exact) mass is 142 g/mol. The van der Waals surface area contributed by atoms with E-state index in [0.29, 0.717) is 18.1 Å². The van der Waals surface area contributed by atoms with Crippen molar-refractivity contribution in [3.63, 3.8) is 0 Å². The first kappa shape index (κ1) is 6.62. The predicted octanol–water partition coefficient (Wildman–Crippen LogP) is 1.20. The van der Waals surface area contributed by atoms with Crippen LogP contribution in [0, 0.1) is 5.92 Å². The Morgan fingerprint density at radius 2 is 2.20 bits per heavy atom. The Kier molecular flexibility index (Phi) is 1.66. The first-order valence-electron chi connectivity index (χ1n) is 4.11. The normalized spacial score (nSPS) is 47.1. The summed E-state index contributed by atoms with van der Waals surface area (Å²) in [7, 11) is 0. The van der Waals surface area contributed by atoms with Gasteiger partial charge in [0.1, 0.15) is 0 Å². The van der Waals surface area contributed by atoms with Crippen molar-refractivity contribution in [2.45, 2.75) is 32.0 Å². The van der Waals surface area contributed by atoms with Gasteiger partial charge in [-0.3, -0.25) is 0 Å². The number of rotatable bonds is 0. The number of hydrogen-bond acceptors (Lipinski definition) is 2. The SMILES string of the molecule is C[C@H]1CO[C@H]2CCCO[C@H]21. The largest absolute Gasteiger partial charge is 0.375 e. The second kappa shape index (κ2) is 2.51. The summed E-state index contributed by atoms with van der Waals surface area (Å²) in [5.74, 6) is 0.616. The van der Waals surface area contributed by atoms with E-state index < -0.39 is 0 Å². The van der Waals surface area contributed by atoms with Gasteiger partial charge in [0.2, 0.25) is 0 Å².